The first-order valence-corrected chi connectivity index (χ1v) is 7.34. The number of rotatable bonds is 4. The second-order valence-electron chi connectivity index (χ2n) is 4.20. The number of carbonyl (C=O) groups is 1. The van der Waals surface area contributed by atoms with Gasteiger partial charge in [0.1, 0.15) is 28.0 Å². The number of sulfone groups is 1. The minimum atomic E-state index is -4.23. The number of hydrogen-bond donors (Lipinski definition) is 1. The monoisotopic (exact) mass is 316 g/mol. The molecule has 0 aliphatic carbocycles. The normalized spacial score (nSPS) is 11.4. The summed E-state index contributed by atoms with van der Waals surface area (Å²) in [5, 5.41) is 5.66. The smallest absolute Gasteiger partial charge is 0.241 e. The van der Waals surface area contributed by atoms with Gasteiger partial charge in [0.15, 0.2) is 15.7 Å². The zero-order valence-electron chi connectivity index (χ0n) is 10.8. The zero-order valence-corrected chi connectivity index (χ0v) is 11.6. The summed E-state index contributed by atoms with van der Waals surface area (Å²) in [6, 6.07) is 3.40. The number of halogens is 2. The summed E-state index contributed by atoms with van der Waals surface area (Å²) in [5.74, 6) is -3.59. The SMILES string of the molecule is Cc1cc(NC(=O)CS(=O)(=O)c2ccc(F)cc2F)no1. The van der Waals surface area contributed by atoms with Gasteiger partial charge in [0, 0.05) is 12.1 Å². The molecule has 0 bridgehead atoms. The molecule has 6 nitrogen and oxygen atoms in total. The maximum Gasteiger partial charge on any atom is 0.241 e. The maximum absolute atomic E-state index is 13.4. The van der Waals surface area contributed by atoms with Crippen LogP contribution < -0.4 is 5.32 Å². The van der Waals surface area contributed by atoms with Crippen LogP contribution in [0.2, 0.25) is 0 Å². The average molecular weight is 316 g/mol. The van der Waals surface area contributed by atoms with E-state index in [4.69, 9.17) is 4.52 Å². The van der Waals surface area contributed by atoms with E-state index in [1.807, 2.05) is 0 Å². The van der Waals surface area contributed by atoms with Crippen LogP contribution in [0.4, 0.5) is 14.6 Å². The number of benzene rings is 1. The van der Waals surface area contributed by atoms with Crippen molar-refractivity contribution in [1.82, 2.24) is 5.16 Å². The van der Waals surface area contributed by atoms with Crippen molar-refractivity contribution in [2.24, 2.45) is 0 Å². The molecule has 1 N–H and O–H groups in total. The molecule has 2 aromatic rings. The number of nitrogens with one attached hydrogen (secondary N) is 1. The van der Waals surface area contributed by atoms with E-state index in [1.165, 1.54) is 6.07 Å². The number of carbonyl (C=O) groups excluding carboxylic acids is 1. The number of aromatic nitrogens is 1. The number of anilines is 1. The van der Waals surface area contributed by atoms with E-state index in [9.17, 15) is 22.0 Å². The quantitative estimate of drug-likeness (QED) is 0.867. The molecule has 1 aromatic heterocycles. The Balaban J connectivity index is 2.15. The van der Waals surface area contributed by atoms with Crippen molar-refractivity contribution in [2.75, 3.05) is 11.1 Å². The standard InChI is InChI=1S/C12H10F2N2O4S/c1-7-4-11(16-20-7)15-12(17)6-21(18,19)10-3-2-8(13)5-9(10)14/h2-5H,6H2,1H3,(H,15,16,17). The first-order valence-electron chi connectivity index (χ1n) is 5.69. The molecule has 0 unspecified atom stereocenters. The molecule has 112 valence electrons. The fraction of sp³-hybridized carbons (Fsp3) is 0.167. The minimum absolute atomic E-state index is 0.0484. The second kappa shape index (κ2) is 5.60. The molecule has 0 aliphatic rings. The van der Waals surface area contributed by atoms with Crippen molar-refractivity contribution in [1.29, 1.82) is 0 Å². The van der Waals surface area contributed by atoms with Crippen LogP contribution in [0.1, 0.15) is 5.76 Å². The predicted molar refractivity (Wildman–Crippen MR) is 68.3 cm³/mol. The highest BCUT2D eigenvalue weighted by Crippen LogP contribution is 2.17. The Hall–Kier alpha value is -2.29. The summed E-state index contributed by atoms with van der Waals surface area (Å²) >= 11 is 0. The van der Waals surface area contributed by atoms with Gasteiger partial charge in [0.2, 0.25) is 5.91 Å². The van der Waals surface area contributed by atoms with Gasteiger partial charge < -0.3 is 9.84 Å². The van der Waals surface area contributed by atoms with Crippen molar-refractivity contribution in [3.05, 3.63) is 41.7 Å². The molecular weight excluding hydrogens is 306 g/mol. The Morgan fingerprint density at radius 2 is 2.05 bits per heavy atom. The third-order valence-corrected chi connectivity index (χ3v) is 4.09. The first-order chi connectivity index (χ1) is 9.78. The highest BCUT2D eigenvalue weighted by Gasteiger charge is 2.23. The molecule has 0 saturated heterocycles. The fourth-order valence-electron chi connectivity index (χ4n) is 1.58. The van der Waals surface area contributed by atoms with Crippen LogP contribution in [0.15, 0.2) is 33.7 Å². The van der Waals surface area contributed by atoms with Gasteiger partial charge in [-0.05, 0) is 19.1 Å². The Bertz CT molecular complexity index is 786. The summed E-state index contributed by atoms with van der Waals surface area (Å²) in [5.41, 5.74) is 0. The number of hydrogen-bond acceptors (Lipinski definition) is 5. The van der Waals surface area contributed by atoms with Gasteiger partial charge in [-0.15, -0.1) is 0 Å². The summed E-state index contributed by atoms with van der Waals surface area (Å²) < 4.78 is 54.7. The molecule has 21 heavy (non-hydrogen) atoms. The van der Waals surface area contributed by atoms with Crippen molar-refractivity contribution in [2.45, 2.75) is 11.8 Å². The molecule has 9 heteroatoms. The Kier molecular flexibility index (Phi) is 4.03. The fourth-order valence-corrected chi connectivity index (χ4v) is 2.79. The van der Waals surface area contributed by atoms with E-state index in [1.54, 1.807) is 6.92 Å². The largest absolute Gasteiger partial charge is 0.360 e. The van der Waals surface area contributed by atoms with Gasteiger partial charge in [0.25, 0.3) is 0 Å². The molecule has 1 aromatic carbocycles. The molecule has 0 fully saturated rings. The zero-order chi connectivity index (χ0) is 15.6. The van der Waals surface area contributed by atoms with Crippen molar-refractivity contribution in [3.8, 4) is 0 Å². The van der Waals surface area contributed by atoms with E-state index in [-0.39, 0.29) is 5.82 Å². The molecule has 0 radical (unpaired) electrons. The molecule has 0 spiro atoms. The van der Waals surface area contributed by atoms with Gasteiger partial charge in [-0.1, -0.05) is 5.16 Å². The van der Waals surface area contributed by atoms with Crippen LogP contribution in [0.25, 0.3) is 0 Å². The van der Waals surface area contributed by atoms with Crippen molar-refractivity contribution in [3.63, 3.8) is 0 Å². The lowest BCUT2D eigenvalue weighted by atomic mass is 10.3. The van der Waals surface area contributed by atoms with Crippen LogP contribution in [-0.4, -0.2) is 25.2 Å². The van der Waals surface area contributed by atoms with Crippen LogP contribution in [0, 0.1) is 18.6 Å². The average Bonchev–Trinajstić information content (AvgIpc) is 2.72. The summed E-state index contributed by atoms with van der Waals surface area (Å²) in [4.78, 5) is 10.9. The highest BCUT2D eigenvalue weighted by molar-refractivity contribution is 7.92. The summed E-state index contributed by atoms with van der Waals surface area (Å²) in [6.07, 6.45) is 0. The van der Waals surface area contributed by atoms with Gasteiger partial charge >= 0.3 is 0 Å². The maximum atomic E-state index is 13.4. The summed E-state index contributed by atoms with van der Waals surface area (Å²) in [7, 11) is -4.23. The third-order valence-electron chi connectivity index (χ3n) is 2.45. The topological polar surface area (TPSA) is 89.3 Å². The van der Waals surface area contributed by atoms with E-state index in [2.05, 4.69) is 10.5 Å². The van der Waals surface area contributed by atoms with Crippen LogP contribution in [0.3, 0.4) is 0 Å². The van der Waals surface area contributed by atoms with Gasteiger partial charge in [0.05, 0.1) is 0 Å². The highest BCUT2D eigenvalue weighted by atomic mass is 32.2. The van der Waals surface area contributed by atoms with Crippen LogP contribution in [0.5, 0.6) is 0 Å². The molecule has 1 heterocycles. The molecule has 1 amide bonds. The molecule has 2 rings (SSSR count). The van der Waals surface area contributed by atoms with E-state index in [0.29, 0.717) is 11.8 Å². The summed E-state index contributed by atoms with van der Waals surface area (Å²) in [6.45, 7) is 1.59. The first kappa shape index (κ1) is 15.1. The lowest BCUT2D eigenvalue weighted by Gasteiger charge is -2.05. The van der Waals surface area contributed by atoms with E-state index < -0.39 is 38.0 Å². The Morgan fingerprint density at radius 1 is 1.33 bits per heavy atom. The van der Waals surface area contributed by atoms with Gasteiger partial charge in [-0.25, -0.2) is 17.2 Å². The van der Waals surface area contributed by atoms with Crippen molar-refractivity contribution >= 4 is 21.6 Å². The Labute approximate surface area is 118 Å². The van der Waals surface area contributed by atoms with Crippen LogP contribution in [-0.2, 0) is 14.6 Å². The molecule has 0 aliphatic heterocycles. The van der Waals surface area contributed by atoms with Crippen LogP contribution >= 0.6 is 0 Å². The number of nitrogens with zero attached hydrogens (tertiary/aromatic N) is 1. The minimum Gasteiger partial charge on any atom is -0.360 e. The lowest BCUT2D eigenvalue weighted by molar-refractivity contribution is -0.113. The molecule has 0 atom stereocenters. The second-order valence-corrected chi connectivity index (χ2v) is 6.16. The Morgan fingerprint density at radius 3 is 2.62 bits per heavy atom. The van der Waals surface area contributed by atoms with E-state index >= 15 is 0 Å². The predicted octanol–water partition coefficient (Wildman–Crippen LogP) is 1.67. The number of amides is 1. The third kappa shape index (κ3) is 3.63. The van der Waals surface area contributed by atoms with Gasteiger partial charge in [-0.2, -0.15) is 0 Å². The number of aryl methyl sites for hydroxylation is 1. The van der Waals surface area contributed by atoms with Crippen molar-refractivity contribution < 1.29 is 26.5 Å². The molecule has 0 saturated carbocycles. The van der Waals surface area contributed by atoms with Gasteiger partial charge in [-0.3, -0.25) is 4.79 Å². The lowest BCUT2D eigenvalue weighted by Crippen LogP contribution is -2.23. The van der Waals surface area contributed by atoms with E-state index in [0.717, 1.165) is 12.1 Å². The molecular formula is C12H10F2N2O4S.